The Balaban J connectivity index is 2.04. The second-order valence-electron chi connectivity index (χ2n) is 4.01. The lowest BCUT2D eigenvalue weighted by Crippen LogP contribution is -1.96. The summed E-state index contributed by atoms with van der Waals surface area (Å²) in [7, 11) is 0. The number of pyridine rings is 1. The van der Waals surface area contributed by atoms with Crippen molar-refractivity contribution in [3.8, 4) is 5.75 Å². The molecule has 0 atom stereocenters. The SMILES string of the molecule is O=C(O)/C=C/c1ccc(OCc2cccnc2)c(Br)c1. The number of carboxylic acid groups (broad SMARTS) is 1. The smallest absolute Gasteiger partial charge is 0.328 e. The zero-order valence-electron chi connectivity index (χ0n) is 10.5. The molecular formula is C15H12BrNO3. The van der Waals surface area contributed by atoms with Gasteiger partial charge in [-0.1, -0.05) is 12.1 Å². The zero-order chi connectivity index (χ0) is 14.4. The molecule has 0 aliphatic rings. The Morgan fingerprint density at radius 1 is 1.40 bits per heavy atom. The van der Waals surface area contributed by atoms with Gasteiger partial charge in [-0.15, -0.1) is 0 Å². The molecular weight excluding hydrogens is 322 g/mol. The Labute approximate surface area is 124 Å². The van der Waals surface area contributed by atoms with Crippen molar-refractivity contribution in [3.63, 3.8) is 0 Å². The number of carbonyl (C=O) groups is 1. The highest BCUT2D eigenvalue weighted by atomic mass is 79.9. The van der Waals surface area contributed by atoms with Crippen molar-refractivity contribution < 1.29 is 14.6 Å². The Kier molecular flexibility index (Phi) is 4.90. The van der Waals surface area contributed by atoms with E-state index >= 15 is 0 Å². The highest BCUT2D eigenvalue weighted by molar-refractivity contribution is 9.10. The van der Waals surface area contributed by atoms with E-state index in [1.165, 1.54) is 6.08 Å². The van der Waals surface area contributed by atoms with E-state index in [4.69, 9.17) is 9.84 Å². The van der Waals surface area contributed by atoms with Crippen molar-refractivity contribution >= 4 is 28.0 Å². The Hall–Kier alpha value is -2.14. The van der Waals surface area contributed by atoms with Crippen LogP contribution in [0.4, 0.5) is 0 Å². The number of benzene rings is 1. The fourth-order valence-corrected chi connectivity index (χ4v) is 2.06. The summed E-state index contributed by atoms with van der Waals surface area (Å²) >= 11 is 3.41. The van der Waals surface area contributed by atoms with Crippen molar-refractivity contribution in [1.82, 2.24) is 4.98 Å². The van der Waals surface area contributed by atoms with Crippen molar-refractivity contribution in [2.45, 2.75) is 6.61 Å². The predicted molar refractivity (Wildman–Crippen MR) is 79.4 cm³/mol. The molecule has 102 valence electrons. The van der Waals surface area contributed by atoms with Crippen LogP contribution in [0.25, 0.3) is 6.08 Å². The van der Waals surface area contributed by atoms with Gasteiger partial charge in [-0.25, -0.2) is 4.79 Å². The molecule has 1 heterocycles. The standard InChI is InChI=1S/C15H12BrNO3/c16-13-8-11(4-6-15(18)19)3-5-14(13)20-10-12-2-1-7-17-9-12/h1-9H,10H2,(H,18,19)/b6-4+. The third-order valence-corrected chi connectivity index (χ3v) is 3.11. The van der Waals surface area contributed by atoms with Gasteiger partial charge in [0.1, 0.15) is 12.4 Å². The van der Waals surface area contributed by atoms with Gasteiger partial charge in [-0.3, -0.25) is 4.98 Å². The van der Waals surface area contributed by atoms with Crippen LogP contribution in [0.5, 0.6) is 5.75 Å². The van der Waals surface area contributed by atoms with Crippen LogP contribution in [0.1, 0.15) is 11.1 Å². The molecule has 1 aromatic carbocycles. The second kappa shape index (κ2) is 6.86. The molecule has 0 fully saturated rings. The molecule has 0 radical (unpaired) electrons. The molecule has 0 aliphatic heterocycles. The van der Waals surface area contributed by atoms with Crippen molar-refractivity contribution in [2.24, 2.45) is 0 Å². The fourth-order valence-electron chi connectivity index (χ4n) is 1.55. The summed E-state index contributed by atoms with van der Waals surface area (Å²) in [6.07, 6.45) is 6.08. The Morgan fingerprint density at radius 3 is 2.90 bits per heavy atom. The number of carboxylic acids is 1. The van der Waals surface area contributed by atoms with Crippen LogP contribution in [0.15, 0.2) is 53.3 Å². The lowest BCUT2D eigenvalue weighted by Gasteiger charge is -2.08. The summed E-state index contributed by atoms with van der Waals surface area (Å²) in [4.78, 5) is 14.5. The molecule has 2 aromatic rings. The van der Waals surface area contributed by atoms with Crippen LogP contribution in [0.2, 0.25) is 0 Å². The number of halogens is 1. The number of ether oxygens (including phenoxy) is 1. The van der Waals surface area contributed by atoms with Gasteiger partial charge < -0.3 is 9.84 Å². The van der Waals surface area contributed by atoms with Crippen LogP contribution in [-0.2, 0) is 11.4 Å². The van der Waals surface area contributed by atoms with E-state index < -0.39 is 5.97 Å². The molecule has 0 unspecified atom stereocenters. The van der Waals surface area contributed by atoms with Crippen molar-refractivity contribution in [3.05, 3.63) is 64.4 Å². The zero-order valence-corrected chi connectivity index (χ0v) is 12.1. The molecule has 5 heteroatoms. The van der Waals surface area contributed by atoms with E-state index in [1.807, 2.05) is 12.1 Å². The fraction of sp³-hybridized carbons (Fsp3) is 0.0667. The third-order valence-electron chi connectivity index (χ3n) is 2.49. The molecule has 4 nitrogen and oxygen atoms in total. The average molecular weight is 334 g/mol. The Bertz CT molecular complexity index is 626. The van der Waals surface area contributed by atoms with E-state index in [1.54, 1.807) is 30.6 Å². The number of hydrogen-bond acceptors (Lipinski definition) is 3. The first kappa shape index (κ1) is 14.3. The quantitative estimate of drug-likeness (QED) is 0.850. The minimum atomic E-state index is -0.974. The molecule has 0 spiro atoms. The Morgan fingerprint density at radius 2 is 2.25 bits per heavy atom. The van der Waals surface area contributed by atoms with Gasteiger partial charge in [-0.2, -0.15) is 0 Å². The first-order chi connectivity index (χ1) is 9.65. The maximum Gasteiger partial charge on any atom is 0.328 e. The molecule has 1 aromatic heterocycles. The van der Waals surface area contributed by atoms with Gasteiger partial charge in [-0.05, 0) is 45.8 Å². The van der Waals surface area contributed by atoms with Crippen molar-refractivity contribution in [2.75, 3.05) is 0 Å². The molecule has 0 saturated heterocycles. The summed E-state index contributed by atoms with van der Waals surface area (Å²) in [5, 5.41) is 8.58. The lowest BCUT2D eigenvalue weighted by molar-refractivity contribution is -0.131. The minimum Gasteiger partial charge on any atom is -0.488 e. The molecule has 0 aliphatic carbocycles. The summed E-state index contributed by atoms with van der Waals surface area (Å²) in [6.45, 7) is 0.427. The van der Waals surface area contributed by atoms with E-state index in [2.05, 4.69) is 20.9 Å². The normalized spacial score (nSPS) is 10.7. The summed E-state index contributed by atoms with van der Waals surface area (Å²) in [5.41, 5.74) is 1.77. The van der Waals surface area contributed by atoms with Gasteiger partial charge in [0, 0.05) is 24.0 Å². The predicted octanol–water partition coefficient (Wildman–Crippen LogP) is 3.52. The number of hydrogen-bond donors (Lipinski definition) is 1. The first-order valence-corrected chi connectivity index (χ1v) is 6.67. The van der Waals surface area contributed by atoms with E-state index in [0.717, 1.165) is 21.7 Å². The highest BCUT2D eigenvalue weighted by Crippen LogP contribution is 2.27. The van der Waals surface area contributed by atoms with Gasteiger partial charge >= 0.3 is 5.97 Å². The van der Waals surface area contributed by atoms with Crippen LogP contribution in [-0.4, -0.2) is 16.1 Å². The maximum atomic E-state index is 10.5. The van der Waals surface area contributed by atoms with Gasteiger partial charge in [0.2, 0.25) is 0 Å². The number of aromatic nitrogens is 1. The number of nitrogens with zero attached hydrogens (tertiary/aromatic N) is 1. The van der Waals surface area contributed by atoms with Gasteiger partial charge in [0.05, 0.1) is 4.47 Å². The van der Waals surface area contributed by atoms with Crippen molar-refractivity contribution in [1.29, 1.82) is 0 Å². The number of rotatable bonds is 5. The van der Waals surface area contributed by atoms with E-state index in [-0.39, 0.29) is 0 Å². The van der Waals surface area contributed by atoms with Crippen LogP contribution >= 0.6 is 15.9 Å². The lowest BCUT2D eigenvalue weighted by atomic mass is 10.2. The molecule has 1 N–H and O–H groups in total. The van der Waals surface area contributed by atoms with Crippen LogP contribution in [0.3, 0.4) is 0 Å². The topological polar surface area (TPSA) is 59.4 Å². The number of aliphatic carboxylic acids is 1. The minimum absolute atomic E-state index is 0.427. The summed E-state index contributed by atoms with van der Waals surface area (Å²) in [6, 6.07) is 9.18. The van der Waals surface area contributed by atoms with E-state index in [0.29, 0.717) is 12.4 Å². The van der Waals surface area contributed by atoms with Crippen LogP contribution in [0, 0.1) is 0 Å². The van der Waals surface area contributed by atoms with Gasteiger partial charge in [0.15, 0.2) is 0 Å². The first-order valence-electron chi connectivity index (χ1n) is 5.87. The third kappa shape index (κ3) is 4.20. The largest absolute Gasteiger partial charge is 0.488 e. The molecule has 0 saturated carbocycles. The van der Waals surface area contributed by atoms with E-state index in [9.17, 15) is 4.79 Å². The molecule has 0 amide bonds. The molecule has 20 heavy (non-hydrogen) atoms. The monoisotopic (exact) mass is 333 g/mol. The molecule has 2 rings (SSSR count). The average Bonchev–Trinajstić information content (AvgIpc) is 2.45. The highest BCUT2D eigenvalue weighted by Gasteiger charge is 2.02. The van der Waals surface area contributed by atoms with Gasteiger partial charge in [0.25, 0.3) is 0 Å². The van der Waals surface area contributed by atoms with Crippen LogP contribution < -0.4 is 4.74 Å². The maximum absolute atomic E-state index is 10.5. The molecule has 0 bridgehead atoms. The second-order valence-corrected chi connectivity index (χ2v) is 4.87. The summed E-state index contributed by atoms with van der Waals surface area (Å²) in [5.74, 6) is -0.278. The summed E-state index contributed by atoms with van der Waals surface area (Å²) < 4.78 is 6.45.